The van der Waals surface area contributed by atoms with Gasteiger partial charge in [-0.1, -0.05) is 0 Å². The van der Waals surface area contributed by atoms with E-state index in [1.807, 2.05) is 0 Å². The predicted octanol–water partition coefficient (Wildman–Crippen LogP) is -1.12. The van der Waals surface area contributed by atoms with Crippen molar-refractivity contribution < 1.29 is 28.7 Å². The fourth-order valence-electron chi connectivity index (χ4n) is 0. The average molecular weight is 202 g/mol. The summed E-state index contributed by atoms with van der Waals surface area (Å²) in [7, 11) is -5.74. The number of rotatable bonds is 0. The first kappa shape index (κ1) is 16.9. The Labute approximate surface area is 82.4 Å². The summed E-state index contributed by atoms with van der Waals surface area (Å²) in [4.78, 5) is 28.5. The third-order valence-corrected chi connectivity index (χ3v) is 0. The maximum absolute atomic E-state index is 8.70. The van der Waals surface area contributed by atoms with Crippen molar-refractivity contribution in [2.45, 2.75) is 0 Å². The van der Waals surface area contributed by atoms with Gasteiger partial charge in [0.05, 0.1) is 16.5 Å². The summed E-state index contributed by atoms with van der Waals surface area (Å²) in [5.41, 5.74) is 0. The van der Waals surface area contributed by atoms with Gasteiger partial charge in [-0.3, -0.25) is 0 Å². The first-order valence-electron chi connectivity index (χ1n) is 1.17. The van der Waals surface area contributed by atoms with Crippen LogP contribution in [-0.2, 0) is 9.13 Å². The molecule has 0 rings (SSSR count). The zero-order chi connectivity index (χ0) is 7.15. The number of hydrogen-bond acceptors (Lipinski definition) is 2. The third-order valence-electron chi connectivity index (χ3n) is 0. The van der Waals surface area contributed by atoms with Gasteiger partial charge in [0.25, 0.3) is 0 Å². The van der Waals surface area contributed by atoms with Crippen LogP contribution in [0.2, 0.25) is 0 Å². The van der Waals surface area contributed by atoms with Crippen molar-refractivity contribution in [1.29, 1.82) is 0 Å². The van der Waals surface area contributed by atoms with Gasteiger partial charge < -0.3 is 28.7 Å². The molecule has 9 heteroatoms. The molecule has 0 aromatic carbocycles. The van der Waals surface area contributed by atoms with Crippen molar-refractivity contribution in [2.24, 2.45) is 0 Å². The van der Waals surface area contributed by atoms with E-state index in [-0.39, 0.29) is 37.7 Å². The Morgan fingerprint density at radius 2 is 0.778 bits per heavy atom. The molecule has 0 saturated carbocycles. The Morgan fingerprint density at radius 1 is 0.778 bits per heavy atom. The van der Waals surface area contributed by atoms with E-state index in [2.05, 4.69) is 0 Å². The smallest absolute Gasteiger partial charge is 0.485 e. The molecule has 0 fully saturated rings. The van der Waals surface area contributed by atoms with Crippen LogP contribution < -0.4 is 0 Å². The Balaban J connectivity index is -0.0000000720. The van der Waals surface area contributed by atoms with Gasteiger partial charge in [-0.2, -0.15) is 0 Å². The summed E-state index contributed by atoms with van der Waals surface area (Å²) in [5.74, 6) is 0. The van der Waals surface area contributed by atoms with Crippen LogP contribution in [-0.4, -0.2) is 57.3 Å². The van der Waals surface area contributed by atoms with Gasteiger partial charge in [0.1, 0.15) is 0 Å². The maximum atomic E-state index is 8.70. The minimum atomic E-state index is -2.87. The zero-order valence-corrected chi connectivity index (χ0v) is 8.20. The molecule has 0 bridgehead atoms. The molecule has 0 aromatic rings. The molecule has 9 heavy (non-hydrogen) atoms. The summed E-state index contributed by atoms with van der Waals surface area (Å²) in [5, 5.41) is 0. The van der Waals surface area contributed by atoms with Crippen molar-refractivity contribution in [3.63, 3.8) is 0 Å². The molecule has 0 radical (unpaired) electrons. The van der Waals surface area contributed by atoms with Gasteiger partial charge in [-0.05, 0) is 0 Å². The molecule has 0 aliphatic heterocycles. The summed E-state index contributed by atoms with van der Waals surface area (Å²) in [6, 6.07) is 0. The fourth-order valence-corrected chi connectivity index (χ4v) is 0. The molecule has 0 aromatic heterocycles. The second kappa shape index (κ2) is 12.3. The summed E-state index contributed by atoms with van der Waals surface area (Å²) in [6.07, 6.45) is 0. The third kappa shape index (κ3) is 225. The van der Waals surface area contributed by atoms with Crippen LogP contribution >= 0.6 is 16.5 Å². The Bertz CT molecular complexity index is 69.1. The van der Waals surface area contributed by atoms with E-state index in [9.17, 15) is 0 Å². The Kier molecular flexibility index (Phi) is 23.0. The van der Waals surface area contributed by atoms with Crippen LogP contribution in [0.1, 0.15) is 0 Å². The van der Waals surface area contributed by atoms with Crippen LogP contribution in [0.4, 0.5) is 0 Å². The van der Waals surface area contributed by atoms with Crippen molar-refractivity contribution in [3.05, 3.63) is 0 Å². The van der Waals surface area contributed by atoms with Gasteiger partial charge in [0.15, 0.2) is 0 Å². The molecule has 4 N–H and O–H groups in total. The van der Waals surface area contributed by atoms with Crippen LogP contribution in [0.5, 0.6) is 0 Å². The van der Waals surface area contributed by atoms with E-state index in [1.165, 1.54) is 0 Å². The van der Waals surface area contributed by atoms with Crippen LogP contribution in [0.15, 0.2) is 0 Å². The van der Waals surface area contributed by atoms with E-state index in [0.29, 0.717) is 0 Å². The van der Waals surface area contributed by atoms with Crippen molar-refractivity contribution in [2.75, 3.05) is 0 Å². The first-order chi connectivity index (χ1) is 3.46. The quantitative estimate of drug-likeness (QED) is 0.292. The largest absolute Gasteiger partial charge is 2.00 e. The van der Waals surface area contributed by atoms with E-state index in [4.69, 9.17) is 28.7 Å². The minimum absolute atomic E-state index is 0. The van der Waals surface area contributed by atoms with Gasteiger partial charge >= 0.3 is 37.7 Å². The normalized spacial score (nSPS) is 7.78. The SMILES string of the molecule is O=[P-](O)O.O=[P-](O)O.[Ca+2]. The molecule has 0 atom stereocenters. The Morgan fingerprint density at radius 3 is 0.778 bits per heavy atom. The molecular formula is H4CaO6P2. The van der Waals surface area contributed by atoms with Gasteiger partial charge in [0, 0.05) is 0 Å². The molecule has 0 unspecified atom stereocenters. The van der Waals surface area contributed by atoms with Crippen molar-refractivity contribution >= 4 is 54.2 Å². The molecule has 0 spiro atoms. The Hall–Kier alpha value is 1.56. The average Bonchev–Trinajstić information content (AvgIpc) is 1.25. The van der Waals surface area contributed by atoms with Gasteiger partial charge in [-0.25, -0.2) is 0 Å². The van der Waals surface area contributed by atoms with Gasteiger partial charge in [-0.15, -0.1) is 0 Å². The summed E-state index contributed by atoms with van der Waals surface area (Å²) >= 11 is 0. The van der Waals surface area contributed by atoms with Crippen molar-refractivity contribution in [3.8, 4) is 0 Å². The monoisotopic (exact) mass is 202 g/mol. The molecule has 6 nitrogen and oxygen atoms in total. The van der Waals surface area contributed by atoms with Crippen molar-refractivity contribution in [1.82, 2.24) is 0 Å². The molecule has 52 valence electrons. The van der Waals surface area contributed by atoms with Crippen LogP contribution in [0.25, 0.3) is 0 Å². The van der Waals surface area contributed by atoms with Crippen LogP contribution in [0.3, 0.4) is 0 Å². The van der Waals surface area contributed by atoms with E-state index >= 15 is 0 Å². The summed E-state index contributed by atoms with van der Waals surface area (Å²) in [6.45, 7) is 0. The fraction of sp³-hybridized carbons (Fsp3) is 0. The standard InChI is InChI=1S/Ca.2H2O3P/c;2*1-4(2)3/h;2*(H2,1,2,3)/q+2;2*-1. The van der Waals surface area contributed by atoms with Crippen LogP contribution in [0, 0.1) is 0 Å². The second-order valence-corrected chi connectivity index (χ2v) is 1.52. The van der Waals surface area contributed by atoms with Gasteiger partial charge in [0.2, 0.25) is 0 Å². The molecule has 0 aliphatic carbocycles. The van der Waals surface area contributed by atoms with E-state index < -0.39 is 16.5 Å². The molecule has 0 aliphatic rings. The maximum Gasteiger partial charge on any atom is 2.00 e. The van der Waals surface area contributed by atoms with E-state index in [1.54, 1.807) is 0 Å². The molecule has 0 saturated heterocycles. The zero-order valence-electron chi connectivity index (χ0n) is 4.21. The topological polar surface area (TPSA) is 115 Å². The second-order valence-electron chi connectivity index (χ2n) is 0.505. The minimum Gasteiger partial charge on any atom is -0.485 e. The first-order valence-corrected chi connectivity index (χ1v) is 3.50. The summed E-state index contributed by atoms with van der Waals surface area (Å²) < 4.78 is 17.4. The molecule has 0 amide bonds. The van der Waals surface area contributed by atoms with E-state index in [0.717, 1.165) is 0 Å². The predicted molar refractivity (Wildman–Crippen MR) is 29.8 cm³/mol. The molecular weight excluding hydrogens is 198 g/mol. The molecule has 0 heterocycles. The number of hydrogen-bond donors (Lipinski definition) is 4.